The Bertz CT molecular complexity index is 523. The van der Waals surface area contributed by atoms with Crippen LogP contribution in [0.1, 0.15) is 19.3 Å². The predicted molar refractivity (Wildman–Crippen MR) is 79.4 cm³/mol. The second kappa shape index (κ2) is 6.13. The molecule has 2 heterocycles. The normalized spacial score (nSPS) is 21.4. The van der Waals surface area contributed by atoms with E-state index in [1.54, 1.807) is 4.90 Å². The number of hydrogen-bond donors (Lipinski definition) is 2. The summed E-state index contributed by atoms with van der Waals surface area (Å²) in [5.74, 6) is -0.0337. The topological polar surface area (TPSA) is 70.7 Å². The van der Waals surface area contributed by atoms with Crippen LogP contribution >= 0.6 is 0 Å². The van der Waals surface area contributed by atoms with E-state index >= 15 is 0 Å². The average Bonchev–Trinajstić information content (AvgIpc) is 3.11. The highest BCUT2D eigenvalue weighted by Gasteiger charge is 2.21. The molecule has 0 aliphatic carbocycles. The number of carbonyl (C=O) groups excluding carboxylic acids is 2. The summed E-state index contributed by atoms with van der Waals surface area (Å²) in [6, 6.07) is 7.23. The third kappa shape index (κ3) is 3.33. The summed E-state index contributed by atoms with van der Waals surface area (Å²) < 4.78 is 5.45. The van der Waals surface area contributed by atoms with E-state index in [1.807, 2.05) is 24.3 Å². The highest BCUT2D eigenvalue weighted by atomic mass is 16.5. The van der Waals surface area contributed by atoms with Crippen molar-refractivity contribution in [2.75, 3.05) is 29.9 Å². The van der Waals surface area contributed by atoms with Gasteiger partial charge in [-0.1, -0.05) is 0 Å². The van der Waals surface area contributed by atoms with Gasteiger partial charge in [-0.15, -0.1) is 0 Å². The summed E-state index contributed by atoms with van der Waals surface area (Å²) in [6.45, 7) is 2.09. The molecule has 6 nitrogen and oxygen atoms in total. The number of nitrogens with one attached hydrogen (secondary N) is 2. The van der Waals surface area contributed by atoms with Crippen molar-refractivity contribution in [1.82, 2.24) is 5.32 Å². The van der Waals surface area contributed by atoms with E-state index in [1.165, 1.54) is 0 Å². The molecule has 2 N–H and O–H groups in total. The molecule has 1 unspecified atom stereocenters. The number of hydrogen-bond acceptors (Lipinski definition) is 3. The van der Waals surface area contributed by atoms with Crippen molar-refractivity contribution in [2.45, 2.75) is 25.4 Å². The van der Waals surface area contributed by atoms with Crippen LogP contribution in [0.4, 0.5) is 16.2 Å². The Morgan fingerprint density at radius 2 is 2.19 bits per heavy atom. The summed E-state index contributed by atoms with van der Waals surface area (Å²) in [7, 11) is 0. The number of benzene rings is 1. The van der Waals surface area contributed by atoms with Crippen molar-refractivity contribution < 1.29 is 14.3 Å². The number of amides is 3. The van der Waals surface area contributed by atoms with Gasteiger partial charge in [0.2, 0.25) is 5.91 Å². The molecule has 2 fully saturated rings. The van der Waals surface area contributed by atoms with E-state index in [0.717, 1.165) is 30.8 Å². The summed E-state index contributed by atoms with van der Waals surface area (Å²) in [4.78, 5) is 25.1. The van der Waals surface area contributed by atoms with E-state index in [4.69, 9.17) is 4.74 Å². The Morgan fingerprint density at radius 3 is 2.81 bits per heavy atom. The zero-order chi connectivity index (χ0) is 14.7. The van der Waals surface area contributed by atoms with Crippen molar-refractivity contribution in [3.05, 3.63) is 24.3 Å². The fourth-order valence-corrected chi connectivity index (χ4v) is 2.67. The van der Waals surface area contributed by atoms with Crippen molar-refractivity contribution >= 4 is 23.3 Å². The van der Waals surface area contributed by atoms with Gasteiger partial charge in [-0.2, -0.15) is 0 Å². The number of anilines is 2. The minimum absolute atomic E-state index is 0.0337. The standard InChI is InChI=1S/C15H19N3O3/c19-14(10-13-2-1-9-21-13)17-11-3-5-12(6-4-11)18-8-7-16-15(18)20/h3-6,13H,1-2,7-10H2,(H,16,20)(H,17,19). The molecule has 2 aliphatic rings. The van der Waals surface area contributed by atoms with Crippen molar-refractivity contribution in [3.63, 3.8) is 0 Å². The molecule has 0 spiro atoms. The quantitative estimate of drug-likeness (QED) is 0.886. The molecule has 6 heteroatoms. The van der Waals surface area contributed by atoms with Crippen LogP contribution in [0.2, 0.25) is 0 Å². The van der Waals surface area contributed by atoms with Gasteiger partial charge in [-0.05, 0) is 37.1 Å². The summed E-state index contributed by atoms with van der Waals surface area (Å²) in [5, 5.41) is 5.62. The first-order valence-electron chi connectivity index (χ1n) is 7.29. The van der Waals surface area contributed by atoms with Gasteiger partial charge in [0.15, 0.2) is 0 Å². The molecule has 1 atom stereocenters. The largest absolute Gasteiger partial charge is 0.378 e. The monoisotopic (exact) mass is 289 g/mol. The van der Waals surface area contributed by atoms with Crippen molar-refractivity contribution in [1.29, 1.82) is 0 Å². The average molecular weight is 289 g/mol. The second-order valence-corrected chi connectivity index (χ2v) is 5.32. The molecular formula is C15H19N3O3. The van der Waals surface area contributed by atoms with Gasteiger partial charge in [0, 0.05) is 31.1 Å². The van der Waals surface area contributed by atoms with Gasteiger partial charge in [0.05, 0.1) is 12.5 Å². The smallest absolute Gasteiger partial charge is 0.321 e. The van der Waals surface area contributed by atoms with Crippen LogP contribution in [0.3, 0.4) is 0 Å². The summed E-state index contributed by atoms with van der Waals surface area (Å²) in [5.41, 5.74) is 1.57. The molecule has 3 rings (SSSR count). The molecule has 2 aliphatic heterocycles. The fraction of sp³-hybridized carbons (Fsp3) is 0.467. The molecule has 2 saturated heterocycles. The van der Waals surface area contributed by atoms with Gasteiger partial charge >= 0.3 is 6.03 Å². The Morgan fingerprint density at radius 1 is 1.38 bits per heavy atom. The Kier molecular flexibility index (Phi) is 4.06. The van der Waals surface area contributed by atoms with Gasteiger partial charge in [-0.25, -0.2) is 4.79 Å². The van der Waals surface area contributed by atoms with Gasteiger partial charge in [0.1, 0.15) is 0 Å². The molecule has 112 valence electrons. The Balaban J connectivity index is 1.56. The van der Waals surface area contributed by atoms with E-state index in [0.29, 0.717) is 19.5 Å². The number of rotatable bonds is 4. The minimum atomic E-state index is -0.0785. The van der Waals surface area contributed by atoms with Crippen LogP contribution in [0.5, 0.6) is 0 Å². The third-order valence-corrected chi connectivity index (χ3v) is 3.76. The lowest BCUT2D eigenvalue weighted by molar-refractivity contribution is -0.118. The SMILES string of the molecule is O=C(CC1CCCO1)Nc1ccc(N2CCNC2=O)cc1. The Labute approximate surface area is 123 Å². The minimum Gasteiger partial charge on any atom is -0.378 e. The first-order chi connectivity index (χ1) is 10.2. The lowest BCUT2D eigenvalue weighted by Crippen LogP contribution is -2.27. The molecule has 1 aromatic rings. The van der Waals surface area contributed by atoms with Crippen LogP contribution in [0.25, 0.3) is 0 Å². The maximum Gasteiger partial charge on any atom is 0.321 e. The van der Waals surface area contributed by atoms with Crippen LogP contribution in [0, 0.1) is 0 Å². The van der Waals surface area contributed by atoms with E-state index in [2.05, 4.69) is 10.6 Å². The summed E-state index contributed by atoms with van der Waals surface area (Å²) in [6.07, 6.45) is 2.44. The number of carbonyl (C=O) groups is 2. The zero-order valence-electron chi connectivity index (χ0n) is 11.8. The van der Waals surface area contributed by atoms with Gasteiger partial charge in [-0.3, -0.25) is 9.69 Å². The fourth-order valence-electron chi connectivity index (χ4n) is 2.67. The lowest BCUT2D eigenvalue weighted by Gasteiger charge is -2.15. The molecule has 3 amide bonds. The van der Waals surface area contributed by atoms with Gasteiger partial charge < -0.3 is 15.4 Å². The van der Waals surface area contributed by atoms with Gasteiger partial charge in [0.25, 0.3) is 0 Å². The Hall–Kier alpha value is -2.08. The molecule has 1 aromatic carbocycles. The molecule has 0 radical (unpaired) electrons. The van der Waals surface area contributed by atoms with Crippen LogP contribution < -0.4 is 15.5 Å². The summed E-state index contributed by atoms with van der Waals surface area (Å²) >= 11 is 0. The highest BCUT2D eigenvalue weighted by Crippen LogP contribution is 2.20. The van der Waals surface area contributed by atoms with Crippen LogP contribution in [0.15, 0.2) is 24.3 Å². The second-order valence-electron chi connectivity index (χ2n) is 5.32. The zero-order valence-corrected chi connectivity index (χ0v) is 11.8. The maximum atomic E-state index is 11.9. The molecular weight excluding hydrogens is 270 g/mol. The maximum absolute atomic E-state index is 11.9. The van der Waals surface area contributed by atoms with E-state index in [9.17, 15) is 9.59 Å². The number of nitrogens with zero attached hydrogens (tertiary/aromatic N) is 1. The van der Waals surface area contributed by atoms with Crippen molar-refractivity contribution in [3.8, 4) is 0 Å². The molecule has 0 bridgehead atoms. The molecule has 0 saturated carbocycles. The predicted octanol–water partition coefficient (Wildman–Crippen LogP) is 1.72. The third-order valence-electron chi connectivity index (χ3n) is 3.76. The lowest BCUT2D eigenvalue weighted by atomic mass is 10.1. The first kappa shape index (κ1) is 13.9. The van der Waals surface area contributed by atoms with E-state index in [-0.39, 0.29) is 18.0 Å². The molecule has 21 heavy (non-hydrogen) atoms. The first-order valence-corrected chi connectivity index (χ1v) is 7.29. The highest BCUT2D eigenvalue weighted by molar-refractivity contribution is 5.95. The number of urea groups is 1. The van der Waals surface area contributed by atoms with Crippen molar-refractivity contribution in [2.24, 2.45) is 0 Å². The van der Waals surface area contributed by atoms with E-state index < -0.39 is 0 Å². The molecule has 0 aromatic heterocycles. The van der Waals surface area contributed by atoms with Crippen LogP contribution in [-0.2, 0) is 9.53 Å². The van der Waals surface area contributed by atoms with Crippen LogP contribution in [-0.4, -0.2) is 37.7 Å². The number of ether oxygens (including phenoxy) is 1.